The molecule has 0 spiro atoms. The molecule has 0 aromatic heterocycles. The first-order valence-corrected chi connectivity index (χ1v) is 11.4. The maximum Gasteiger partial charge on any atom is 0.255 e. The monoisotopic (exact) mass is 442 g/mol. The molecule has 4 rings (SSSR count). The lowest BCUT2D eigenvalue weighted by molar-refractivity contribution is -0.128. The lowest BCUT2D eigenvalue weighted by Gasteiger charge is -2.40. The summed E-state index contributed by atoms with van der Waals surface area (Å²) in [4.78, 5) is 30.5. The number of benzene rings is 3. The van der Waals surface area contributed by atoms with E-state index in [1.54, 1.807) is 9.80 Å². The first-order valence-electron chi connectivity index (χ1n) is 11.4. The predicted molar refractivity (Wildman–Crippen MR) is 132 cm³/mol. The van der Waals surface area contributed by atoms with Crippen LogP contribution in [0.5, 0.6) is 5.75 Å². The minimum Gasteiger partial charge on any atom is -0.494 e. The van der Waals surface area contributed by atoms with Crippen molar-refractivity contribution >= 4 is 23.2 Å². The molecule has 3 aromatic carbocycles. The van der Waals surface area contributed by atoms with Gasteiger partial charge in [0.05, 0.1) is 6.61 Å². The van der Waals surface area contributed by atoms with E-state index in [1.165, 1.54) is 5.56 Å². The van der Waals surface area contributed by atoms with Gasteiger partial charge in [0.1, 0.15) is 18.3 Å². The van der Waals surface area contributed by atoms with Crippen LogP contribution in [0.1, 0.15) is 49.4 Å². The van der Waals surface area contributed by atoms with Crippen molar-refractivity contribution in [1.29, 1.82) is 0 Å². The quantitative estimate of drug-likeness (QED) is 0.497. The molecule has 0 aliphatic carbocycles. The molecule has 1 unspecified atom stereocenters. The highest BCUT2D eigenvalue weighted by molar-refractivity contribution is 6.14. The largest absolute Gasteiger partial charge is 0.494 e. The molecule has 1 atom stereocenters. The average molecular weight is 443 g/mol. The third-order valence-corrected chi connectivity index (χ3v) is 6.01. The summed E-state index contributed by atoms with van der Waals surface area (Å²) >= 11 is 0. The maximum absolute atomic E-state index is 13.8. The summed E-state index contributed by atoms with van der Waals surface area (Å²) < 4.78 is 5.55. The first-order chi connectivity index (χ1) is 15.9. The average Bonchev–Trinajstić information content (AvgIpc) is 2.81. The highest BCUT2D eigenvalue weighted by Crippen LogP contribution is 2.35. The summed E-state index contributed by atoms with van der Waals surface area (Å²) in [5, 5.41) is 0. The Bertz CT molecular complexity index is 1120. The van der Waals surface area contributed by atoms with Crippen LogP contribution in [0.25, 0.3) is 0 Å². The van der Waals surface area contributed by atoms with Crippen LogP contribution in [-0.2, 0) is 9.59 Å². The summed E-state index contributed by atoms with van der Waals surface area (Å²) in [6.07, 6.45) is 0. The molecule has 0 radical (unpaired) electrons. The second kappa shape index (κ2) is 9.49. The number of aryl methyl sites for hydroxylation is 1. The molecule has 0 bridgehead atoms. The number of ether oxygens (including phenoxy) is 1. The van der Waals surface area contributed by atoms with E-state index in [2.05, 4.69) is 13.8 Å². The van der Waals surface area contributed by atoms with Crippen LogP contribution >= 0.6 is 0 Å². The Morgan fingerprint density at radius 3 is 2.06 bits per heavy atom. The Kier molecular flexibility index (Phi) is 6.50. The summed E-state index contributed by atoms with van der Waals surface area (Å²) in [5.41, 5.74) is 4.50. The van der Waals surface area contributed by atoms with Gasteiger partial charge >= 0.3 is 0 Å². The summed E-state index contributed by atoms with van der Waals surface area (Å²) in [6, 6.07) is 22.3. The van der Waals surface area contributed by atoms with E-state index in [9.17, 15) is 9.59 Å². The fraction of sp³-hybridized carbons (Fsp3) is 0.286. The Morgan fingerprint density at radius 1 is 0.879 bits per heavy atom. The summed E-state index contributed by atoms with van der Waals surface area (Å²) in [6.45, 7) is 8.76. The van der Waals surface area contributed by atoms with E-state index in [-0.39, 0.29) is 18.4 Å². The smallest absolute Gasteiger partial charge is 0.255 e. The SMILES string of the molecule is CCOc1ccc(N2C(=O)CN(c3ccc(C)cc3)C(=O)C2c2ccc(C(C)C)cc2)cc1. The fourth-order valence-electron chi connectivity index (χ4n) is 4.15. The topological polar surface area (TPSA) is 49.9 Å². The Labute approximate surface area is 195 Å². The van der Waals surface area contributed by atoms with Gasteiger partial charge in [-0.2, -0.15) is 0 Å². The van der Waals surface area contributed by atoms with Crippen LogP contribution in [0.2, 0.25) is 0 Å². The minimum atomic E-state index is -0.744. The highest BCUT2D eigenvalue weighted by Gasteiger charge is 2.41. The van der Waals surface area contributed by atoms with Crippen molar-refractivity contribution in [3.05, 3.63) is 89.5 Å². The van der Waals surface area contributed by atoms with Gasteiger partial charge in [0.25, 0.3) is 5.91 Å². The number of anilines is 2. The van der Waals surface area contributed by atoms with Gasteiger partial charge in [-0.25, -0.2) is 0 Å². The third-order valence-electron chi connectivity index (χ3n) is 6.01. The number of rotatable bonds is 6. The Hall–Kier alpha value is -3.60. The lowest BCUT2D eigenvalue weighted by atomic mass is 9.95. The molecule has 3 aromatic rings. The normalized spacial score (nSPS) is 16.5. The maximum atomic E-state index is 13.8. The van der Waals surface area contributed by atoms with Gasteiger partial charge < -0.3 is 9.64 Å². The van der Waals surface area contributed by atoms with Crippen molar-refractivity contribution in [2.45, 2.75) is 39.7 Å². The van der Waals surface area contributed by atoms with Crippen molar-refractivity contribution in [2.24, 2.45) is 0 Å². The number of nitrogens with zero attached hydrogens (tertiary/aromatic N) is 2. The first kappa shape index (κ1) is 22.6. The van der Waals surface area contributed by atoms with Crippen LogP contribution in [0.15, 0.2) is 72.8 Å². The van der Waals surface area contributed by atoms with Crippen molar-refractivity contribution in [2.75, 3.05) is 23.0 Å². The molecule has 2 amide bonds. The van der Waals surface area contributed by atoms with Crippen LogP contribution in [-0.4, -0.2) is 25.0 Å². The fourth-order valence-corrected chi connectivity index (χ4v) is 4.15. The van der Waals surface area contributed by atoms with Crippen molar-refractivity contribution < 1.29 is 14.3 Å². The van der Waals surface area contributed by atoms with Crippen molar-refractivity contribution in [3.63, 3.8) is 0 Å². The van der Waals surface area contributed by atoms with Gasteiger partial charge in [-0.05, 0) is 67.3 Å². The lowest BCUT2D eigenvalue weighted by Crippen LogP contribution is -2.56. The number of hydrogen-bond donors (Lipinski definition) is 0. The van der Waals surface area contributed by atoms with E-state index >= 15 is 0 Å². The van der Waals surface area contributed by atoms with E-state index in [1.807, 2.05) is 86.6 Å². The van der Waals surface area contributed by atoms with Crippen LogP contribution in [0.4, 0.5) is 11.4 Å². The molecule has 33 heavy (non-hydrogen) atoms. The van der Waals surface area contributed by atoms with E-state index < -0.39 is 6.04 Å². The molecule has 1 fully saturated rings. The van der Waals surface area contributed by atoms with E-state index in [0.29, 0.717) is 18.2 Å². The zero-order chi connectivity index (χ0) is 23.5. The molecular weight excluding hydrogens is 412 g/mol. The molecule has 5 nitrogen and oxygen atoms in total. The summed E-state index contributed by atoms with van der Waals surface area (Å²) in [5.74, 6) is 0.868. The third kappa shape index (κ3) is 4.63. The van der Waals surface area contributed by atoms with Crippen LogP contribution in [0.3, 0.4) is 0 Å². The van der Waals surface area contributed by atoms with Gasteiger partial charge in [0, 0.05) is 11.4 Å². The van der Waals surface area contributed by atoms with Gasteiger partial charge in [-0.3, -0.25) is 14.5 Å². The standard InChI is InChI=1S/C28H30N2O3/c1-5-33-25-16-14-24(15-17-25)30-26(31)18-29(23-12-6-20(4)7-13-23)28(32)27(30)22-10-8-21(9-11-22)19(2)3/h6-17,19,27H,5,18H2,1-4H3. The zero-order valence-corrected chi connectivity index (χ0v) is 19.6. The number of carbonyl (C=O) groups excluding carboxylic acids is 2. The number of carbonyl (C=O) groups is 2. The van der Waals surface area contributed by atoms with Crippen LogP contribution < -0.4 is 14.5 Å². The molecule has 1 heterocycles. The molecule has 1 aliphatic heterocycles. The highest BCUT2D eigenvalue weighted by atomic mass is 16.5. The van der Waals surface area contributed by atoms with Gasteiger partial charge in [-0.15, -0.1) is 0 Å². The molecule has 1 saturated heterocycles. The van der Waals surface area contributed by atoms with Crippen LogP contribution in [0, 0.1) is 6.92 Å². The molecule has 5 heteroatoms. The van der Waals surface area contributed by atoms with Crippen molar-refractivity contribution in [3.8, 4) is 5.75 Å². The Morgan fingerprint density at radius 2 is 1.48 bits per heavy atom. The number of hydrogen-bond acceptors (Lipinski definition) is 3. The zero-order valence-electron chi connectivity index (χ0n) is 19.6. The molecule has 170 valence electrons. The van der Waals surface area contributed by atoms with E-state index in [4.69, 9.17) is 4.74 Å². The second-order valence-corrected chi connectivity index (χ2v) is 8.67. The van der Waals surface area contributed by atoms with Gasteiger partial charge in [0.15, 0.2) is 0 Å². The molecule has 0 N–H and O–H groups in total. The van der Waals surface area contributed by atoms with E-state index in [0.717, 1.165) is 22.6 Å². The Balaban J connectivity index is 1.76. The number of amides is 2. The number of piperazine rings is 1. The summed E-state index contributed by atoms with van der Waals surface area (Å²) in [7, 11) is 0. The van der Waals surface area contributed by atoms with Gasteiger partial charge in [-0.1, -0.05) is 55.8 Å². The molecular formula is C28H30N2O3. The predicted octanol–water partition coefficient (Wildman–Crippen LogP) is 5.64. The second-order valence-electron chi connectivity index (χ2n) is 8.67. The molecule has 0 saturated carbocycles. The molecule has 1 aliphatic rings. The minimum absolute atomic E-state index is 0.00428. The van der Waals surface area contributed by atoms with Crippen molar-refractivity contribution in [1.82, 2.24) is 0 Å². The van der Waals surface area contributed by atoms with Gasteiger partial charge in [0.2, 0.25) is 5.91 Å².